The first-order chi connectivity index (χ1) is 8.30. The summed E-state index contributed by atoms with van der Waals surface area (Å²) in [6.45, 7) is 0. The Labute approximate surface area is 121 Å². The van der Waals surface area contributed by atoms with E-state index in [0.29, 0.717) is 16.4 Å². The highest BCUT2D eigenvalue weighted by atomic mass is 79.9. The van der Waals surface area contributed by atoms with Gasteiger partial charge in [0.1, 0.15) is 0 Å². The van der Waals surface area contributed by atoms with Gasteiger partial charge in [-0.1, -0.05) is 27.5 Å². The second kappa shape index (κ2) is 4.80. The fourth-order valence-corrected chi connectivity index (χ4v) is 2.95. The highest BCUT2D eigenvalue weighted by Gasteiger charge is 2.22. The minimum absolute atomic E-state index is 0.320. The van der Waals surface area contributed by atoms with E-state index in [1.807, 2.05) is 0 Å². The minimum atomic E-state index is -3.94. The number of aromatic nitrogens is 3. The van der Waals surface area contributed by atoms with E-state index in [2.05, 4.69) is 26.1 Å². The molecule has 0 unspecified atom stereocenters. The maximum absolute atomic E-state index is 11.3. The van der Waals surface area contributed by atoms with Crippen LogP contribution in [0.5, 0.6) is 0 Å². The van der Waals surface area contributed by atoms with Crippen molar-refractivity contribution in [2.24, 2.45) is 7.05 Å². The molecule has 0 saturated heterocycles. The van der Waals surface area contributed by atoms with E-state index in [0.717, 1.165) is 4.47 Å². The number of rotatable bonds is 2. The first-order valence-electron chi connectivity index (χ1n) is 4.60. The molecular weight excluding hydrogens is 365 g/mol. The maximum atomic E-state index is 11.3. The molecule has 1 aromatic heterocycles. The molecule has 9 heteroatoms. The summed E-state index contributed by atoms with van der Waals surface area (Å²) in [5.41, 5.74) is 0.563. The molecule has 0 radical (unpaired) electrons. The smallest absolute Gasteiger partial charge is 0.296 e. The lowest BCUT2D eigenvalue weighted by Crippen LogP contribution is -2.03. The quantitative estimate of drug-likeness (QED) is 0.762. The number of hydrogen-bond donors (Lipinski definition) is 0. The Balaban J connectivity index is 2.67. The lowest BCUT2D eigenvalue weighted by Gasteiger charge is -2.04. The molecule has 0 fully saturated rings. The molecular formula is C9H6BrCl2N3O2S. The van der Waals surface area contributed by atoms with Gasteiger partial charge in [0.15, 0.2) is 5.82 Å². The van der Waals surface area contributed by atoms with E-state index in [4.69, 9.17) is 22.3 Å². The van der Waals surface area contributed by atoms with Crippen LogP contribution in [0.4, 0.5) is 0 Å². The van der Waals surface area contributed by atoms with Crippen molar-refractivity contribution in [2.75, 3.05) is 0 Å². The average Bonchev–Trinajstić information content (AvgIpc) is 2.63. The molecule has 1 aromatic carbocycles. The van der Waals surface area contributed by atoms with Crippen molar-refractivity contribution in [2.45, 2.75) is 5.16 Å². The summed E-state index contributed by atoms with van der Waals surface area (Å²) in [6.07, 6.45) is 0. The molecule has 0 aliphatic carbocycles. The molecule has 0 atom stereocenters. The van der Waals surface area contributed by atoms with Gasteiger partial charge < -0.3 is 0 Å². The molecule has 0 aliphatic heterocycles. The Morgan fingerprint density at radius 3 is 2.56 bits per heavy atom. The first kappa shape index (κ1) is 13.8. The van der Waals surface area contributed by atoms with Gasteiger partial charge >= 0.3 is 0 Å². The van der Waals surface area contributed by atoms with Gasteiger partial charge in [-0.15, -0.1) is 10.2 Å². The zero-order chi connectivity index (χ0) is 13.5. The third kappa shape index (κ3) is 2.54. The molecule has 18 heavy (non-hydrogen) atoms. The van der Waals surface area contributed by atoms with Crippen LogP contribution in [0.2, 0.25) is 5.02 Å². The van der Waals surface area contributed by atoms with Crippen molar-refractivity contribution < 1.29 is 8.42 Å². The van der Waals surface area contributed by atoms with Crippen molar-refractivity contribution in [3.8, 4) is 11.4 Å². The predicted molar refractivity (Wildman–Crippen MR) is 72.2 cm³/mol. The molecule has 0 bridgehead atoms. The van der Waals surface area contributed by atoms with Gasteiger partial charge in [-0.05, 0) is 18.2 Å². The maximum Gasteiger partial charge on any atom is 0.296 e. The molecule has 0 amide bonds. The second-order valence-corrected chi connectivity index (χ2v) is 7.21. The van der Waals surface area contributed by atoms with Gasteiger partial charge in [0.25, 0.3) is 14.2 Å². The van der Waals surface area contributed by atoms with Crippen molar-refractivity contribution >= 4 is 47.3 Å². The lowest BCUT2D eigenvalue weighted by atomic mass is 10.2. The normalized spacial score (nSPS) is 11.8. The van der Waals surface area contributed by atoms with Crippen LogP contribution >= 0.6 is 38.2 Å². The minimum Gasteiger partial charge on any atom is -0.300 e. The third-order valence-corrected chi connectivity index (χ3v) is 4.25. The molecule has 0 aliphatic rings. The van der Waals surface area contributed by atoms with Gasteiger partial charge in [-0.2, -0.15) is 0 Å². The molecule has 96 valence electrons. The Kier molecular flexibility index (Phi) is 3.68. The SMILES string of the molecule is Cn1c(-c2cc(Br)ccc2Cl)nnc1S(=O)(=O)Cl. The van der Waals surface area contributed by atoms with Crippen molar-refractivity contribution in [1.82, 2.24) is 14.8 Å². The van der Waals surface area contributed by atoms with Gasteiger partial charge in [0.2, 0.25) is 0 Å². The van der Waals surface area contributed by atoms with Crippen LogP contribution in [0.3, 0.4) is 0 Å². The van der Waals surface area contributed by atoms with E-state index in [9.17, 15) is 8.42 Å². The van der Waals surface area contributed by atoms with Crippen LogP contribution in [0, 0.1) is 0 Å². The summed E-state index contributed by atoms with van der Waals surface area (Å²) in [4.78, 5) is 0. The van der Waals surface area contributed by atoms with Crippen molar-refractivity contribution in [1.29, 1.82) is 0 Å². The number of benzene rings is 1. The zero-order valence-corrected chi connectivity index (χ0v) is 12.8. The van der Waals surface area contributed by atoms with Gasteiger partial charge in [0.05, 0.1) is 5.02 Å². The van der Waals surface area contributed by atoms with E-state index < -0.39 is 9.05 Å². The molecule has 0 spiro atoms. The Morgan fingerprint density at radius 2 is 2.00 bits per heavy atom. The zero-order valence-electron chi connectivity index (χ0n) is 8.93. The van der Waals surface area contributed by atoms with E-state index >= 15 is 0 Å². The van der Waals surface area contributed by atoms with Crippen LogP contribution < -0.4 is 0 Å². The molecule has 1 heterocycles. The fourth-order valence-electron chi connectivity index (χ4n) is 1.43. The average molecular weight is 371 g/mol. The van der Waals surface area contributed by atoms with Crippen molar-refractivity contribution in [3.05, 3.63) is 27.7 Å². The van der Waals surface area contributed by atoms with Crippen molar-refractivity contribution in [3.63, 3.8) is 0 Å². The molecule has 0 saturated carbocycles. The summed E-state index contributed by atoms with van der Waals surface area (Å²) >= 11 is 9.35. The highest BCUT2D eigenvalue weighted by Crippen LogP contribution is 2.30. The van der Waals surface area contributed by atoms with Crippen LogP contribution in [0.15, 0.2) is 27.8 Å². The number of halogens is 3. The summed E-state index contributed by atoms with van der Waals surface area (Å²) in [6, 6.07) is 5.16. The molecule has 2 rings (SSSR count). The summed E-state index contributed by atoms with van der Waals surface area (Å²) in [7, 11) is 2.81. The van der Waals surface area contributed by atoms with Gasteiger partial charge in [-0.3, -0.25) is 4.57 Å². The summed E-state index contributed by atoms with van der Waals surface area (Å²) < 4.78 is 24.6. The van der Waals surface area contributed by atoms with E-state index in [1.54, 1.807) is 18.2 Å². The van der Waals surface area contributed by atoms with Crippen LogP contribution in [0.1, 0.15) is 0 Å². The van der Waals surface area contributed by atoms with E-state index in [1.165, 1.54) is 11.6 Å². The van der Waals surface area contributed by atoms with Gasteiger partial charge in [-0.25, -0.2) is 8.42 Å². The molecule has 2 aromatic rings. The lowest BCUT2D eigenvalue weighted by molar-refractivity contribution is 0.593. The van der Waals surface area contributed by atoms with Crippen LogP contribution in [-0.2, 0) is 16.1 Å². The first-order valence-corrected chi connectivity index (χ1v) is 8.08. The monoisotopic (exact) mass is 369 g/mol. The number of nitrogens with zero attached hydrogens (tertiary/aromatic N) is 3. The topological polar surface area (TPSA) is 64.8 Å². The highest BCUT2D eigenvalue weighted by molar-refractivity contribution is 9.10. The molecule has 0 N–H and O–H groups in total. The van der Waals surface area contributed by atoms with Gasteiger partial charge in [0, 0.05) is 27.8 Å². The largest absolute Gasteiger partial charge is 0.300 e. The van der Waals surface area contributed by atoms with Crippen LogP contribution in [0.25, 0.3) is 11.4 Å². The Morgan fingerprint density at radius 1 is 1.33 bits per heavy atom. The third-order valence-electron chi connectivity index (χ3n) is 2.22. The van der Waals surface area contributed by atoms with E-state index in [-0.39, 0.29) is 5.16 Å². The molecule has 5 nitrogen and oxygen atoms in total. The second-order valence-electron chi connectivity index (χ2n) is 3.43. The van der Waals surface area contributed by atoms with Crippen LogP contribution in [-0.4, -0.2) is 23.2 Å². The Hall–Kier alpha value is -0.630. The predicted octanol–water partition coefficient (Wildman–Crippen LogP) is 2.83. The standard InChI is InChI=1S/C9H6BrCl2N3O2S/c1-15-8(13-14-9(15)18(12,16)17)6-4-5(10)2-3-7(6)11/h2-4H,1H3. The summed E-state index contributed by atoms with van der Waals surface area (Å²) in [5, 5.41) is 7.47. The fraction of sp³-hybridized carbons (Fsp3) is 0.111. The number of hydrogen-bond acceptors (Lipinski definition) is 4. The summed E-state index contributed by atoms with van der Waals surface area (Å²) in [5.74, 6) is 0.320. The Bertz CT molecular complexity index is 715.